The zero-order valence-electron chi connectivity index (χ0n) is 10.4. The molecule has 2 fully saturated rings. The Labute approximate surface area is 97.9 Å². The van der Waals surface area contributed by atoms with E-state index < -0.39 is 0 Å². The number of ether oxygens (including phenoxy) is 1. The molecule has 0 radical (unpaired) electrons. The van der Waals surface area contributed by atoms with E-state index in [1.165, 1.54) is 12.8 Å². The Bertz CT molecular complexity index is 255. The predicted octanol–water partition coefficient (Wildman–Crippen LogP) is 2.25. The maximum atomic E-state index is 11.9. The van der Waals surface area contributed by atoms with Crippen LogP contribution in [0.3, 0.4) is 0 Å². The number of hydrogen-bond acceptors (Lipinski definition) is 2. The first kappa shape index (κ1) is 11.9. The Hall–Kier alpha value is -0.570. The van der Waals surface area contributed by atoms with E-state index in [4.69, 9.17) is 4.74 Å². The maximum absolute atomic E-state index is 11.9. The van der Waals surface area contributed by atoms with Crippen molar-refractivity contribution in [2.75, 3.05) is 7.11 Å². The standard InChI is InChI=1S/C13H23NO2/c1-10-4-5-11(8-10)14-12(15)9-13(16-2)6-3-7-13/h10-11H,3-9H2,1-2H3,(H,14,15). The Balaban J connectivity index is 1.76. The molecule has 1 amide bonds. The highest BCUT2D eigenvalue weighted by molar-refractivity contribution is 5.77. The Morgan fingerprint density at radius 1 is 1.44 bits per heavy atom. The molecule has 2 rings (SSSR count). The van der Waals surface area contributed by atoms with E-state index in [1.54, 1.807) is 7.11 Å². The van der Waals surface area contributed by atoms with Gasteiger partial charge in [0.25, 0.3) is 0 Å². The van der Waals surface area contributed by atoms with Crippen LogP contribution in [0, 0.1) is 5.92 Å². The fourth-order valence-electron chi connectivity index (χ4n) is 2.93. The lowest BCUT2D eigenvalue weighted by Gasteiger charge is -2.40. The molecule has 0 spiro atoms. The highest BCUT2D eigenvalue weighted by Crippen LogP contribution is 2.38. The van der Waals surface area contributed by atoms with Crippen LogP contribution in [-0.4, -0.2) is 24.7 Å². The molecule has 0 bridgehead atoms. The van der Waals surface area contributed by atoms with Gasteiger partial charge in [-0.05, 0) is 44.4 Å². The minimum absolute atomic E-state index is 0.131. The first-order chi connectivity index (χ1) is 7.63. The number of rotatable bonds is 4. The lowest BCUT2D eigenvalue weighted by Crippen LogP contribution is -2.45. The monoisotopic (exact) mass is 225 g/mol. The third kappa shape index (κ3) is 2.57. The minimum Gasteiger partial charge on any atom is -0.378 e. The van der Waals surface area contributed by atoms with Crippen LogP contribution in [0.4, 0.5) is 0 Å². The van der Waals surface area contributed by atoms with Gasteiger partial charge in [-0.3, -0.25) is 4.79 Å². The van der Waals surface area contributed by atoms with E-state index in [0.29, 0.717) is 12.5 Å². The first-order valence-corrected chi connectivity index (χ1v) is 6.48. The largest absolute Gasteiger partial charge is 0.378 e. The molecule has 0 aromatic rings. The highest BCUT2D eigenvalue weighted by atomic mass is 16.5. The number of carbonyl (C=O) groups excluding carboxylic acids is 1. The molecule has 2 saturated carbocycles. The zero-order chi connectivity index (χ0) is 11.6. The number of hydrogen-bond donors (Lipinski definition) is 1. The third-order valence-electron chi connectivity index (χ3n) is 4.24. The molecule has 0 aromatic carbocycles. The van der Waals surface area contributed by atoms with Crippen molar-refractivity contribution in [3.05, 3.63) is 0 Å². The molecular weight excluding hydrogens is 202 g/mol. The molecular formula is C13H23NO2. The van der Waals surface area contributed by atoms with Gasteiger partial charge in [0.1, 0.15) is 0 Å². The summed E-state index contributed by atoms with van der Waals surface area (Å²) in [6, 6.07) is 0.413. The topological polar surface area (TPSA) is 38.3 Å². The number of carbonyl (C=O) groups is 1. The van der Waals surface area contributed by atoms with E-state index in [-0.39, 0.29) is 11.5 Å². The quantitative estimate of drug-likeness (QED) is 0.797. The van der Waals surface area contributed by atoms with Gasteiger partial charge in [-0.1, -0.05) is 6.92 Å². The number of methoxy groups -OCH3 is 1. The second-order valence-electron chi connectivity index (χ2n) is 5.60. The van der Waals surface area contributed by atoms with E-state index in [9.17, 15) is 4.79 Å². The van der Waals surface area contributed by atoms with Crippen molar-refractivity contribution >= 4 is 5.91 Å². The molecule has 92 valence electrons. The summed E-state index contributed by atoms with van der Waals surface area (Å²) in [6.07, 6.45) is 7.37. The molecule has 2 atom stereocenters. The van der Waals surface area contributed by atoms with Crippen molar-refractivity contribution in [3.63, 3.8) is 0 Å². The number of nitrogens with one attached hydrogen (secondary N) is 1. The van der Waals surface area contributed by atoms with Crippen LogP contribution in [0.5, 0.6) is 0 Å². The molecule has 1 N–H and O–H groups in total. The molecule has 2 aliphatic rings. The molecule has 3 nitrogen and oxygen atoms in total. The van der Waals surface area contributed by atoms with E-state index in [2.05, 4.69) is 12.2 Å². The SMILES string of the molecule is COC1(CC(=O)NC2CCC(C)C2)CCC1. The van der Waals surface area contributed by atoms with Gasteiger partial charge in [-0.2, -0.15) is 0 Å². The summed E-state index contributed by atoms with van der Waals surface area (Å²) < 4.78 is 5.47. The average Bonchev–Trinajstić information content (AvgIpc) is 2.57. The van der Waals surface area contributed by atoms with Crippen molar-refractivity contribution in [2.24, 2.45) is 5.92 Å². The summed E-state index contributed by atoms with van der Waals surface area (Å²) in [6.45, 7) is 2.26. The summed E-state index contributed by atoms with van der Waals surface area (Å²) in [7, 11) is 1.73. The van der Waals surface area contributed by atoms with Crippen LogP contribution in [-0.2, 0) is 9.53 Å². The van der Waals surface area contributed by atoms with Crippen molar-refractivity contribution < 1.29 is 9.53 Å². The van der Waals surface area contributed by atoms with Crippen molar-refractivity contribution in [1.29, 1.82) is 0 Å². The Morgan fingerprint density at radius 3 is 2.62 bits per heavy atom. The third-order valence-corrected chi connectivity index (χ3v) is 4.24. The Morgan fingerprint density at radius 2 is 2.19 bits per heavy atom. The lowest BCUT2D eigenvalue weighted by molar-refractivity contribution is -0.134. The van der Waals surface area contributed by atoms with Gasteiger partial charge in [-0.25, -0.2) is 0 Å². The summed E-state index contributed by atoms with van der Waals surface area (Å²) in [4.78, 5) is 11.9. The van der Waals surface area contributed by atoms with E-state index in [1.807, 2.05) is 0 Å². The van der Waals surface area contributed by atoms with Gasteiger partial charge in [0.05, 0.1) is 12.0 Å². The van der Waals surface area contributed by atoms with Crippen LogP contribution in [0.25, 0.3) is 0 Å². The van der Waals surface area contributed by atoms with Crippen LogP contribution in [0.2, 0.25) is 0 Å². The predicted molar refractivity (Wildman–Crippen MR) is 63.2 cm³/mol. The molecule has 0 aromatic heterocycles. The molecule has 2 unspecified atom stereocenters. The molecule has 2 aliphatic carbocycles. The summed E-state index contributed by atoms with van der Waals surface area (Å²) in [5, 5.41) is 3.15. The summed E-state index contributed by atoms with van der Waals surface area (Å²) >= 11 is 0. The second kappa shape index (κ2) is 4.74. The second-order valence-corrected chi connectivity index (χ2v) is 5.60. The van der Waals surface area contributed by atoms with Crippen molar-refractivity contribution in [3.8, 4) is 0 Å². The van der Waals surface area contributed by atoms with Crippen LogP contribution < -0.4 is 5.32 Å². The average molecular weight is 225 g/mol. The molecule has 0 aliphatic heterocycles. The van der Waals surface area contributed by atoms with Gasteiger partial charge >= 0.3 is 0 Å². The lowest BCUT2D eigenvalue weighted by atomic mass is 9.77. The summed E-state index contributed by atoms with van der Waals surface area (Å²) in [5.74, 6) is 0.950. The number of amides is 1. The van der Waals surface area contributed by atoms with Crippen molar-refractivity contribution in [1.82, 2.24) is 5.32 Å². The van der Waals surface area contributed by atoms with Gasteiger partial charge in [-0.15, -0.1) is 0 Å². The van der Waals surface area contributed by atoms with Crippen LogP contribution >= 0.6 is 0 Å². The van der Waals surface area contributed by atoms with Crippen molar-refractivity contribution in [2.45, 2.75) is 63.5 Å². The van der Waals surface area contributed by atoms with Gasteiger partial charge in [0.2, 0.25) is 5.91 Å². The molecule has 16 heavy (non-hydrogen) atoms. The van der Waals surface area contributed by atoms with Gasteiger partial charge in [0, 0.05) is 13.2 Å². The van der Waals surface area contributed by atoms with Gasteiger partial charge < -0.3 is 10.1 Å². The smallest absolute Gasteiger partial charge is 0.223 e. The summed E-state index contributed by atoms with van der Waals surface area (Å²) in [5.41, 5.74) is -0.131. The van der Waals surface area contributed by atoms with E-state index >= 15 is 0 Å². The fraction of sp³-hybridized carbons (Fsp3) is 0.923. The fourth-order valence-corrected chi connectivity index (χ4v) is 2.93. The molecule has 0 heterocycles. The van der Waals surface area contributed by atoms with Crippen LogP contribution in [0.1, 0.15) is 51.9 Å². The molecule has 0 saturated heterocycles. The Kier molecular flexibility index (Phi) is 3.53. The molecule has 3 heteroatoms. The zero-order valence-corrected chi connectivity index (χ0v) is 10.4. The highest BCUT2D eigenvalue weighted by Gasteiger charge is 2.39. The normalized spacial score (nSPS) is 32.1. The first-order valence-electron chi connectivity index (χ1n) is 6.48. The minimum atomic E-state index is -0.131. The van der Waals surface area contributed by atoms with Crippen LogP contribution in [0.15, 0.2) is 0 Å². The van der Waals surface area contributed by atoms with E-state index in [0.717, 1.165) is 31.6 Å². The van der Waals surface area contributed by atoms with Gasteiger partial charge in [0.15, 0.2) is 0 Å². The maximum Gasteiger partial charge on any atom is 0.223 e.